The van der Waals surface area contributed by atoms with Crippen molar-refractivity contribution < 1.29 is 14.3 Å². The molecule has 2 heterocycles. The fourth-order valence-corrected chi connectivity index (χ4v) is 4.62. The molecule has 2 aromatic carbocycles. The number of aryl methyl sites for hydroxylation is 1. The highest BCUT2D eigenvalue weighted by Crippen LogP contribution is 2.22. The highest BCUT2D eigenvalue weighted by Gasteiger charge is 2.21. The Balaban J connectivity index is 1.20. The standard InChI is InChI=1S/C24H26ClN5O3S/c1-33-21-8-5-18(6-9-21)26-23(32)28-24-27-19(16-34-24)7-10-22(31)30-13-11-29(12-14-30)20-4-2-3-17(25)15-20/h2-6,8-9,15-16H,7,10-14H2,1H3,(H2,26,27,28,32). The minimum atomic E-state index is -0.375. The number of amides is 3. The Morgan fingerprint density at radius 3 is 2.56 bits per heavy atom. The summed E-state index contributed by atoms with van der Waals surface area (Å²) in [6, 6.07) is 14.5. The second kappa shape index (κ2) is 11.2. The first-order valence-corrected chi connectivity index (χ1v) is 12.2. The quantitative estimate of drug-likeness (QED) is 0.490. The van der Waals surface area contributed by atoms with E-state index in [1.807, 2.05) is 34.5 Å². The van der Waals surface area contributed by atoms with Crippen molar-refractivity contribution >= 4 is 51.4 Å². The lowest BCUT2D eigenvalue weighted by Crippen LogP contribution is -2.48. The Morgan fingerprint density at radius 2 is 1.85 bits per heavy atom. The number of urea groups is 1. The topological polar surface area (TPSA) is 86.8 Å². The summed E-state index contributed by atoms with van der Waals surface area (Å²) in [6.45, 7) is 2.92. The number of hydrogen-bond acceptors (Lipinski definition) is 6. The van der Waals surface area contributed by atoms with Crippen molar-refractivity contribution in [2.75, 3.05) is 48.8 Å². The van der Waals surface area contributed by atoms with E-state index in [-0.39, 0.29) is 11.9 Å². The summed E-state index contributed by atoms with van der Waals surface area (Å²) in [5.74, 6) is 0.832. The Labute approximate surface area is 207 Å². The van der Waals surface area contributed by atoms with Crippen molar-refractivity contribution in [1.29, 1.82) is 0 Å². The van der Waals surface area contributed by atoms with Crippen LogP contribution in [0.3, 0.4) is 0 Å². The summed E-state index contributed by atoms with van der Waals surface area (Å²) in [5, 5.41) is 8.55. The van der Waals surface area contributed by atoms with Crippen LogP contribution in [0, 0.1) is 0 Å². The second-order valence-corrected chi connectivity index (χ2v) is 9.09. The number of rotatable bonds is 7. The number of methoxy groups -OCH3 is 1. The van der Waals surface area contributed by atoms with Gasteiger partial charge in [-0.05, 0) is 48.9 Å². The summed E-state index contributed by atoms with van der Waals surface area (Å²) >= 11 is 7.43. The van der Waals surface area contributed by atoms with Crippen LogP contribution in [0.2, 0.25) is 5.02 Å². The molecule has 0 bridgehead atoms. The molecule has 1 saturated heterocycles. The van der Waals surface area contributed by atoms with Crippen LogP contribution in [0.15, 0.2) is 53.9 Å². The van der Waals surface area contributed by atoms with Gasteiger partial charge in [-0.25, -0.2) is 9.78 Å². The van der Waals surface area contributed by atoms with E-state index in [4.69, 9.17) is 16.3 Å². The van der Waals surface area contributed by atoms with Crippen molar-refractivity contribution in [1.82, 2.24) is 9.88 Å². The number of nitrogens with zero attached hydrogens (tertiary/aromatic N) is 3. The fourth-order valence-electron chi connectivity index (χ4n) is 3.69. The average molecular weight is 500 g/mol. The Hall–Kier alpha value is -3.30. The van der Waals surface area contributed by atoms with E-state index in [1.165, 1.54) is 11.3 Å². The first-order chi connectivity index (χ1) is 16.5. The molecule has 1 aromatic heterocycles. The molecule has 0 spiro atoms. The first-order valence-electron chi connectivity index (χ1n) is 10.9. The first kappa shape index (κ1) is 23.8. The van der Waals surface area contributed by atoms with E-state index >= 15 is 0 Å². The van der Waals surface area contributed by atoms with Crippen molar-refractivity contribution in [3.63, 3.8) is 0 Å². The molecule has 0 saturated carbocycles. The number of nitrogens with one attached hydrogen (secondary N) is 2. The molecule has 0 unspecified atom stereocenters. The molecule has 4 rings (SSSR count). The summed E-state index contributed by atoms with van der Waals surface area (Å²) < 4.78 is 5.11. The van der Waals surface area contributed by atoms with Crippen molar-refractivity contribution in [2.24, 2.45) is 0 Å². The van der Waals surface area contributed by atoms with E-state index in [0.717, 1.165) is 24.5 Å². The van der Waals surface area contributed by atoms with Crippen LogP contribution >= 0.6 is 22.9 Å². The molecule has 0 radical (unpaired) electrons. The number of hydrogen-bond donors (Lipinski definition) is 2. The molecule has 0 aliphatic carbocycles. The molecular weight excluding hydrogens is 474 g/mol. The fraction of sp³-hybridized carbons (Fsp3) is 0.292. The van der Waals surface area contributed by atoms with Gasteiger partial charge in [0.1, 0.15) is 5.75 Å². The van der Waals surface area contributed by atoms with Crippen molar-refractivity contribution in [3.8, 4) is 5.75 Å². The van der Waals surface area contributed by atoms with Crippen molar-refractivity contribution in [2.45, 2.75) is 12.8 Å². The van der Waals surface area contributed by atoms with E-state index in [0.29, 0.717) is 47.5 Å². The van der Waals surface area contributed by atoms with Gasteiger partial charge in [0.2, 0.25) is 5.91 Å². The molecule has 3 amide bonds. The third-order valence-electron chi connectivity index (χ3n) is 5.52. The number of benzene rings is 2. The highest BCUT2D eigenvalue weighted by molar-refractivity contribution is 7.13. The third kappa shape index (κ3) is 6.39. The maximum absolute atomic E-state index is 12.7. The maximum Gasteiger partial charge on any atom is 0.325 e. The Morgan fingerprint density at radius 1 is 1.09 bits per heavy atom. The minimum Gasteiger partial charge on any atom is -0.497 e. The van der Waals surface area contributed by atoms with Gasteiger partial charge in [0.05, 0.1) is 12.8 Å². The van der Waals surface area contributed by atoms with Crippen LogP contribution in [-0.4, -0.2) is 55.1 Å². The largest absolute Gasteiger partial charge is 0.497 e. The number of halogens is 1. The zero-order chi connectivity index (χ0) is 23.9. The smallest absolute Gasteiger partial charge is 0.325 e. The number of anilines is 3. The molecule has 0 atom stereocenters. The zero-order valence-electron chi connectivity index (χ0n) is 18.8. The zero-order valence-corrected chi connectivity index (χ0v) is 20.4. The summed E-state index contributed by atoms with van der Waals surface area (Å²) in [5.41, 5.74) is 2.52. The van der Waals surface area contributed by atoms with E-state index in [2.05, 4.69) is 20.5 Å². The molecular formula is C24H26ClN5O3S. The molecule has 8 nitrogen and oxygen atoms in total. The summed E-state index contributed by atoms with van der Waals surface area (Å²) in [6.07, 6.45) is 0.921. The van der Waals surface area contributed by atoms with Gasteiger partial charge in [0, 0.05) is 54.4 Å². The maximum atomic E-state index is 12.7. The lowest BCUT2D eigenvalue weighted by Gasteiger charge is -2.36. The minimum absolute atomic E-state index is 0.116. The number of aromatic nitrogens is 1. The van der Waals surface area contributed by atoms with Crippen LogP contribution in [0.25, 0.3) is 0 Å². The SMILES string of the molecule is COc1ccc(NC(=O)Nc2nc(CCC(=O)N3CCN(c4cccc(Cl)c4)CC3)cs2)cc1. The predicted molar refractivity (Wildman–Crippen MR) is 136 cm³/mol. The lowest BCUT2D eigenvalue weighted by molar-refractivity contribution is -0.131. The number of piperazine rings is 1. The molecule has 1 fully saturated rings. The number of carbonyl (C=O) groups excluding carboxylic acids is 2. The van der Waals surface area contributed by atoms with Crippen LogP contribution in [0.5, 0.6) is 5.75 Å². The number of thiazole rings is 1. The second-order valence-electron chi connectivity index (χ2n) is 7.80. The summed E-state index contributed by atoms with van der Waals surface area (Å²) in [4.78, 5) is 33.5. The molecule has 34 heavy (non-hydrogen) atoms. The van der Waals surface area contributed by atoms with Crippen molar-refractivity contribution in [3.05, 3.63) is 64.6 Å². The van der Waals surface area contributed by atoms with Crippen LogP contribution < -0.4 is 20.3 Å². The molecule has 1 aliphatic rings. The molecule has 2 N–H and O–H groups in total. The van der Waals surface area contributed by atoms with E-state index in [1.54, 1.807) is 31.4 Å². The van der Waals surface area contributed by atoms with E-state index < -0.39 is 0 Å². The lowest BCUT2D eigenvalue weighted by atomic mass is 10.2. The van der Waals surface area contributed by atoms with Gasteiger partial charge in [-0.15, -0.1) is 11.3 Å². The van der Waals surface area contributed by atoms with Crippen LogP contribution in [0.4, 0.5) is 21.3 Å². The van der Waals surface area contributed by atoms with Crippen LogP contribution in [-0.2, 0) is 11.2 Å². The Bertz CT molecular complexity index is 1130. The van der Waals surface area contributed by atoms with Gasteiger partial charge in [-0.3, -0.25) is 10.1 Å². The van der Waals surface area contributed by atoms with Gasteiger partial charge < -0.3 is 19.9 Å². The Kier molecular flexibility index (Phi) is 7.87. The third-order valence-corrected chi connectivity index (χ3v) is 6.56. The number of carbonyl (C=O) groups is 2. The highest BCUT2D eigenvalue weighted by atomic mass is 35.5. The van der Waals surface area contributed by atoms with Gasteiger partial charge >= 0.3 is 6.03 Å². The molecule has 1 aliphatic heterocycles. The van der Waals surface area contributed by atoms with Gasteiger partial charge in [0.15, 0.2) is 5.13 Å². The van der Waals surface area contributed by atoms with Gasteiger partial charge in [-0.2, -0.15) is 0 Å². The monoisotopic (exact) mass is 499 g/mol. The van der Waals surface area contributed by atoms with E-state index in [9.17, 15) is 9.59 Å². The van der Waals surface area contributed by atoms with Gasteiger partial charge in [-0.1, -0.05) is 17.7 Å². The summed E-state index contributed by atoms with van der Waals surface area (Å²) in [7, 11) is 1.59. The normalized spacial score (nSPS) is 13.5. The average Bonchev–Trinajstić information content (AvgIpc) is 3.30. The molecule has 178 valence electrons. The predicted octanol–water partition coefficient (Wildman–Crippen LogP) is 4.73. The van der Waals surface area contributed by atoms with Crippen LogP contribution in [0.1, 0.15) is 12.1 Å². The number of ether oxygens (including phenoxy) is 1. The molecule has 3 aromatic rings. The molecule has 10 heteroatoms. The van der Waals surface area contributed by atoms with Gasteiger partial charge in [0.25, 0.3) is 0 Å².